The van der Waals surface area contributed by atoms with E-state index in [-0.39, 0.29) is 20.9 Å². The zero-order valence-corrected chi connectivity index (χ0v) is 13.7. The summed E-state index contributed by atoms with van der Waals surface area (Å²) < 4.78 is 8.72. The van der Waals surface area contributed by atoms with E-state index in [4.69, 9.17) is 4.74 Å². The third kappa shape index (κ3) is 4.87. The molecule has 0 aromatic heterocycles. The van der Waals surface area contributed by atoms with Gasteiger partial charge in [0.15, 0.2) is 0 Å². The molecule has 0 radical (unpaired) electrons. The van der Waals surface area contributed by atoms with Crippen LogP contribution in [0.5, 0.6) is 0 Å². The van der Waals surface area contributed by atoms with Crippen molar-refractivity contribution in [1.82, 2.24) is 0 Å². The van der Waals surface area contributed by atoms with Crippen molar-refractivity contribution in [2.75, 3.05) is 13.7 Å². The van der Waals surface area contributed by atoms with Crippen molar-refractivity contribution in [3.8, 4) is 11.8 Å². The Morgan fingerprint density at radius 3 is 2.35 bits per heavy atom. The minimum atomic E-state index is -0.358. The van der Waals surface area contributed by atoms with E-state index in [1.807, 2.05) is 18.2 Å². The zero-order valence-electron chi connectivity index (χ0n) is 11.4. The second-order valence-electron chi connectivity index (χ2n) is 4.06. The summed E-state index contributed by atoms with van der Waals surface area (Å²) in [5.74, 6) is 6.28. The molecular weight excluding hydrogens is 360 g/mol. The third-order valence-corrected chi connectivity index (χ3v) is 5.14. The van der Waals surface area contributed by atoms with Crippen molar-refractivity contribution in [3.05, 3.63) is 70.4 Å². The summed E-state index contributed by atoms with van der Waals surface area (Å²) in [7, 11) is 1.67. The van der Waals surface area contributed by atoms with Crippen LogP contribution >= 0.6 is 0 Å². The topological polar surface area (TPSA) is 9.23 Å². The SMILES string of the molecule is COCC#C/C(=C/[Te]c1ccccc1)c1ccccc1. The van der Waals surface area contributed by atoms with Crippen LogP contribution in [-0.4, -0.2) is 34.6 Å². The van der Waals surface area contributed by atoms with Crippen molar-refractivity contribution in [2.45, 2.75) is 0 Å². The van der Waals surface area contributed by atoms with Crippen molar-refractivity contribution in [3.63, 3.8) is 0 Å². The molecule has 20 heavy (non-hydrogen) atoms. The maximum atomic E-state index is 5.00. The van der Waals surface area contributed by atoms with Gasteiger partial charge in [-0.3, -0.25) is 0 Å². The molecule has 2 rings (SSSR count). The number of rotatable bonds is 4. The molecule has 2 heteroatoms. The second kappa shape index (κ2) is 8.62. The van der Waals surface area contributed by atoms with Crippen LogP contribution in [0.4, 0.5) is 0 Å². The van der Waals surface area contributed by atoms with Gasteiger partial charge in [0.1, 0.15) is 0 Å². The monoisotopic (exact) mass is 378 g/mol. The van der Waals surface area contributed by atoms with E-state index in [0.717, 1.165) is 5.57 Å². The Balaban J connectivity index is 2.21. The van der Waals surface area contributed by atoms with Gasteiger partial charge in [-0.15, -0.1) is 0 Å². The van der Waals surface area contributed by atoms with E-state index in [0.29, 0.717) is 6.61 Å². The van der Waals surface area contributed by atoms with Gasteiger partial charge < -0.3 is 0 Å². The Hall–Kier alpha value is -1.51. The molecule has 2 aromatic carbocycles. The molecule has 0 heterocycles. The number of methoxy groups -OCH3 is 1. The summed E-state index contributed by atoms with van der Waals surface area (Å²) in [6.45, 7) is 0.468. The van der Waals surface area contributed by atoms with Crippen molar-refractivity contribution < 1.29 is 4.74 Å². The van der Waals surface area contributed by atoms with Gasteiger partial charge in [0.2, 0.25) is 0 Å². The molecule has 2 aromatic rings. The van der Waals surface area contributed by atoms with Crippen LogP contribution in [0.15, 0.2) is 64.8 Å². The molecule has 0 unspecified atom stereocenters. The van der Waals surface area contributed by atoms with Gasteiger partial charge >= 0.3 is 131 Å². The molecular formula is C18H16OTe. The quantitative estimate of drug-likeness (QED) is 0.589. The van der Waals surface area contributed by atoms with E-state index >= 15 is 0 Å². The molecule has 1 nitrogen and oxygen atoms in total. The molecule has 0 N–H and O–H groups in total. The standard InChI is InChI=1S/C18H16OTe/c1-19-14-8-11-17(16-9-4-2-5-10-16)15-20-18-12-6-3-7-13-18/h2-7,9-10,12-13,15H,14H2,1H3/b17-15-. The first kappa shape index (κ1) is 14.9. The van der Waals surface area contributed by atoms with E-state index in [2.05, 4.69) is 58.4 Å². The first-order chi connectivity index (χ1) is 9.90. The van der Waals surface area contributed by atoms with E-state index in [9.17, 15) is 0 Å². The molecule has 0 aliphatic heterocycles. The summed E-state index contributed by atoms with van der Waals surface area (Å²) in [4.78, 5) is 0. The van der Waals surface area contributed by atoms with Gasteiger partial charge in [0, 0.05) is 0 Å². The minimum absolute atomic E-state index is 0.358. The third-order valence-electron chi connectivity index (χ3n) is 2.58. The molecule has 0 fully saturated rings. The number of benzene rings is 2. The van der Waals surface area contributed by atoms with Crippen LogP contribution in [0.1, 0.15) is 5.56 Å². The number of hydrogen-bond acceptors (Lipinski definition) is 1. The average Bonchev–Trinajstić information content (AvgIpc) is 2.52. The average molecular weight is 376 g/mol. The Morgan fingerprint density at radius 2 is 1.70 bits per heavy atom. The van der Waals surface area contributed by atoms with Gasteiger partial charge in [-0.05, 0) is 0 Å². The zero-order chi connectivity index (χ0) is 14.0. The van der Waals surface area contributed by atoms with Crippen molar-refractivity contribution in [1.29, 1.82) is 0 Å². The van der Waals surface area contributed by atoms with Crippen molar-refractivity contribution in [2.24, 2.45) is 0 Å². The van der Waals surface area contributed by atoms with Gasteiger partial charge in [-0.2, -0.15) is 0 Å². The molecule has 0 saturated carbocycles. The van der Waals surface area contributed by atoms with Crippen LogP contribution < -0.4 is 3.61 Å². The summed E-state index contributed by atoms with van der Waals surface area (Å²) in [5, 5.41) is 0. The molecule has 0 amide bonds. The molecule has 0 aliphatic rings. The molecule has 0 bridgehead atoms. The van der Waals surface area contributed by atoms with Gasteiger partial charge in [-0.25, -0.2) is 0 Å². The van der Waals surface area contributed by atoms with Crippen LogP contribution in [0.2, 0.25) is 0 Å². The van der Waals surface area contributed by atoms with Gasteiger partial charge in [0.05, 0.1) is 0 Å². The van der Waals surface area contributed by atoms with E-state index < -0.39 is 0 Å². The number of hydrogen-bond donors (Lipinski definition) is 0. The van der Waals surface area contributed by atoms with Crippen molar-refractivity contribution >= 4 is 30.1 Å². The number of allylic oxidation sites excluding steroid dienone is 1. The summed E-state index contributed by atoms with van der Waals surface area (Å²) >= 11 is -0.358. The predicted octanol–water partition coefficient (Wildman–Crippen LogP) is 2.71. The van der Waals surface area contributed by atoms with E-state index in [1.165, 1.54) is 9.17 Å². The Bertz CT molecular complexity index is 606. The van der Waals surface area contributed by atoms with Crippen LogP contribution in [-0.2, 0) is 4.74 Å². The first-order valence-corrected chi connectivity index (χ1v) is 8.86. The molecule has 0 aliphatic carbocycles. The Morgan fingerprint density at radius 1 is 1.05 bits per heavy atom. The number of ether oxygens (including phenoxy) is 1. The normalized spacial score (nSPS) is 10.8. The summed E-state index contributed by atoms with van der Waals surface area (Å²) in [6, 6.07) is 20.9. The first-order valence-electron chi connectivity index (χ1n) is 6.35. The van der Waals surface area contributed by atoms with Crippen LogP contribution in [0, 0.1) is 11.8 Å². The van der Waals surface area contributed by atoms with E-state index in [1.54, 1.807) is 7.11 Å². The molecule has 0 saturated heterocycles. The molecule has 100 valence electrons. The summed E-state index contributed by atoms with van der Waals surface area (Å²) in [6.07, 6.45) is 0. The molecule has 0 atom stereocenters. The Kier molecular flexibility index (Phi) is 6.42. The fraction of sp³-hybridized carbons (Fsp3) is 0.111. The fourth-order valence-corrected chi connectivity index (χ4v) is 3.80. The fourth-order valence-electron chi connectivity index (χ4n) is 1.62. The Labute approximate surface area is 130 Å². The predicted molar refractivity (Wildman–Crippen MR) is 85.9 cm³/mol. The van der Waals surface area contributed by atoms with Gasteiger partial charge in [-0.1, -0.05) is 0 Å². The maximum absolute atomic E-state index is 5.00. The molecule has 0 spiro atoms. The summed E-state index contributed by atoms with van der Waals surface area (Å²) in [5.41, 5.74) is 2.28. The van der Waals surface area contributed by atoms with Crippen LogP contribution in [0.3, 0.4) is 0 Å². The van der Waals surface area contributed by atoms with Gasteiger partial charge in [0.25, 0.3) is 0 Å². The van der Waals surface area contributed by atoms with Crippen LogP contribution in [0.25, 0.3) is 5.57 Å². The second-order valence-corrected chi connectivity index (χ2v) is 6.75.